The van der Waals surface area contributed by atoms with Gasteiger partial charge in [0.2, 0.25) is 15.9 Å². The molecule has 1 aliphatic carbocycles. The Morgan fingerprint density at radius 2 is 1.55 bits per heavy atom. The van der Waals surface area contributed by atoms with E-state index in [4.69, 9.17) is 0 Å². The van der Waals surface area contributed by atoms with Crippen molar-refractivity contribution in [3.63, 3.8) is 0 Å². The maximum atomic E-state index is 13.3. The predicted molar refractivity (Wildman–Crippen MR) is 110 cm³/mol. The van der Waals surface area contributed by atoms with E-state index in [0.29, 0.717) is 24.8 Å². The summed E-state index contributed by atoms with van der Waals surface area (Å²) in [6.45, 7) is 0.886. The molecule has 0 aromatic heterocycles. The van der Waals surface area contributed by atoms with Crippen molar-refractivity contribution >= 4 is 15.9 Å². The molecule has 0 radical (unpaired) electrons. The van der Waals surface area contributed by atoms with Crippen LogP contribution in [0.15, 0.2) is 29.2 Å². The second-order valence-corrected chi connectivity index (χ2v) is 10.9. The Balaban J connectivity index is 1.43. The monoisotopic (exact) mass is 458 g/mol. The Hall–Kier alpha value is -1.61. The molecular weight excluding hydrogens is 429 g/mol. The van der Waals surface area contributed by atoms with Crippen molar-refractivity contribution in [2.45, 2.75) is 68.5 Å². The summed E-state index contributed by atoms with van der Waals surface area (Å²) in [5.41, 5.74) is -1.15. The number of halogens is 3. The van der Waals surface area contributed by atoms with Crippen LogP contribution in [0.3, 0.4) is 0 Å². The minimum absolute atomic E-state index is 0.0624. The number of sulfonamides is 1. The van der Waals surface area contributed by atoms with Crippen molar-refractivity contribution in [1.82, 2.24) is 9.21 Å². The van der Waals surface area contributed by atoms with Crippen molar-refractivity contribution < 1.29 is 26.4 Å². The molecule has 2 aliphatic heterocycles. The minimum atomic E-state index is -4.75. The maximum Gasteiger partial charge on any atom is 0.417 e. The normalized spacial score (nSPS) is 24.7. The number of carbonyl (C=O) groups is 1. The van der Waals surface area contributed by atoms with E-state index < -0.39 is 26.7 Å². The third-order valence-corrected chi connectivity index (χ3v) is 9.10. The van der Waals surface area contributed by atoms with Crippen LogP contribution in [0.2, 0.25) is 0 Å². The van der Waals surface area contributed by atoms with Crippen molar-refractivity contribution in [3.8, 4) is 0 Å². The number of rotatable bonds is 4. The summed E-state index contributed by atoms with van der Waals surface area (Å²) < 4.78 is 66.9. The van der Waals surface area contributed by atoms with Gasteiger partial charge in [-0.1, -0.05) is 25.0 Å². The zero-order chi connectivity index (χ0) is 22.2. The smallest absolute Gasteiger partial charge is 0.339 e. The van der Waals surface area contributed by atoms with E-state index in [1.54, 1.807) is 0 Å². The van der Waals surface area contributed by atoms with Crippen LogP contribution in [0.5, 0.6) is 0 Å². The lowest BCUT2D eigenvalue weighted by atomic mass is 9.92. The minimum Gasteiger partial charge on any atom is -0.339 e. The van der Waals surface area contributed by atoms with Gasteiger partial charge in [-0.25, -0.2) is 8.42 Å². The summed E-state index contributed by atoms with van der Waals surface area (Å²) >= 11 is 0. The van der Waals surface area contributed by atoms with Gasteiger partial charge in [0.1, 0.15) is 0 Å². The van der Waals surface area contributed by atoms with Crippen LogP contribution in [0.4, 0.5) is 13.2 Å². The van der Waals surface area contributed by atoms with Crippen LogP contribution in [-0.4, -0.2) is 49.2 Å². The molecule has 9 heteroatoms. The Morgan fingerprint density at radius 3 is 2.19 bits per heavy atom. The summed E-state index contributed by atoms with van der Waals surface area (Å²) in [5, 5.41) is 0. The first-order chi connectivity index (χ1) is 14.7. The first-order valence-electron chi connectivity index (χ1n) is 11.2. The fraction of sp³-hybridized carbons (Fsp3) is 0.682. The number of alkyl halides is 3. The van der Waals surface area contributed by atoms with Crippen LogP contribution < -0.4 is 0 Å². The van der Waals surface area contributed by atoms with Gasteiger partial charge in [-0.05, 0) is 56.6 Å². The number of benzene rings is 1. The molecule has 172 valence electrons. The molecule has 5 nitrogen and oxygen atoms in total. The third kappa shape index (κ3) is 4.49. The van der Waals surface area contributed by atoms with Gasteiger partial charge < -0.3 is 4.90 Å². The SMILES string of the molecule is O=C(C1CCN(S(=O)(=O)c2ccccc2C(F)(F)F)CC1)N1CCCC1C1CCCC1. The molecule has 3 fully saturated rings. The highest BCUT2D eigenvalue weighted by Crippen LogP contribution is 2.38. The van der Waals surface area contributed by atoms with Gasteiger partial charge in [0.25, 0.3) is 0 Å². The molecule has 3 aliphatic rings. The molecule has 1 amide bonds. The summed E-state index contributed by atoms with van der Waals surface area (Å²) in [5.74, 6) is 0.416. The molecule has 0 bridgehead atoms. The molecule has 0 spiro atoms. The highest BCUT2D eigenvalue weighted by Gasteiger charge is 2.42. The Morgan fingerprint density at radius 1 is 0.903 bits per heavy atom. The van der Waals surface area contributed by atoms with Crippen molar-refractivity contribution in [2.75, 3.05) is 19.6 Å². The standard InChI is InChI=1S/C22H29F3N2O3S/c23-22(24,25)18-8-3-4-10-20(18)31(29,30)26-14-11-17(12-15-26)21(28)27-13-5-9-19(27)16-6-1-2-7-16/h3-4,8,10,16-17,19H,1-2,5-7,9,11-15H2. The number of hydrogen-bond donors (Lipinski definition) is 0. The fourth-order valence-corrected chi connectivity index (χ4v) is 7.22. The predicted octanol–water partition coefficient (Wildman–Crippen LogP) is 4.29. The number of amides is 1. The summed E-state index contributed by atoms with van der Waals surface area (Å²) in [7, 11) is -4.28. The van der Waals surface area contributed by atoms with Crippen LogP contribution in [0.25, 0.3) is 0 Å². The van der Waals surface area contributed by atoms with Crippen molar-refractivity contribution in [2.24, 2.45) is 11.8 Å². The lowest BCUT2D eigenvalue weighted by molar-refractivity contribution is -0.140. The maximum absolute atomic E-state index is 13.3. The van der Waals surface area contributed by atoms with Gasteiger partial charge in [-0.2, -0.15) is 17.5 Å². The molecule has 1 atom stereocenters. The van der Waals surface area contributed by atoms with E-state index in [-0.39, 0.29) is 24.9 Å². The largest absolute Gasteiger partial charge is 0.417 e. The van der Waals surface area contributed by atoms with E-state index in [0.717, 1.165) is 35.8 Å². The molecule has 2 saturated heterocycles. The summed E-state index contributed by atoms with van der Waals surface area (Å²) in [6.07, 6.45) is 2.78. The van der Waals surface area contributed by atoms with Gasteiger partial charge in [0.05, 0.1) is 10.5 Å². The first kappa shape index (κ1) is 22.6. The Labute approximate surface area is 181 Å². The first-order valence-corrected chi connectivity index (χ1v) is 12.6. The molecule has 0 N–H and O–H groups in total. The number of likely N-dealkylation sites (tertiary alicyclic amines) is 1. The number of nitrogens with zero attached hydrogens (tertiary/aromatic N) is 2. The average Bonchev–Trinajstić information content (AvgIpc) is 3.44. The van der Waals surface area contributed by atoms with Gasteiger partial charge in [0, 0.05) is 31.6 Å². The second-order valence-electron chi connectivity index (χ2n) is 8.96. The molecular formula is C22H29F3N2O3S. The zero-order valence-corrected chi connectivity index (χ0v) is 18.3. The zero-order valence-electron chi connectivity index (χ0n) is 17.5. The Bertz CT molecular complexity index is 905. The third-order valence-electron chi connectivity index (χ3n) is 7.14. The van der Waals surface area contributed by atoms with Crippen LogP contribution in [0, 0.1) is 11.8 Å². The van der Waals surface area contributed by atoms with E-state index in [2.05, 4.69) is 0 Å². The highest BCUT2D eigenvalue weighted by molar-refractivity contribution is 7.89. The fourth-order valence-electron chi connectivity index (χ4n) is 5.54. The van der Waals surface area contributed by atoms with Gasteiger partial charge in [-0.3, -0.25) is 4.79 Å². The van der Waals surface area contributed by atoms with Gasteiger partial charge >= 0.3 is 6.18 Å². The average molecular weight is 459 g/mol. The number of hydrogen-bond acceptors (Lipinski definition) is 3. The van der Waals surface area contributed by atoms with E-state index in [9.17, 15) is 26.4 Å². The summed E-state index contributed by atoms with van der Waals surface area (Å²) in [4.78, 5) is 14.5. The quantitative estimate of drug-likeness (QED) is 0.677. The lowest BCUT2D eigenvalue weighted by Crippen LogP contribution is -2.47. The highest BCUT2D eigenvalue weighted by atomic mass is 32.2. The van der Waals surface area contributed by atoms with E-state index >= 15 is 0 Å². The molecule has 4 rings (SSSR count). The number of piperidine rings is 1. The molecule has 1 aromatic carbocycles. The molecule has 31 heavy (non-hydrogen) atoms. The van der Waals surface area contributed by atoms with E-state index in [1.165, 1.54) is 37.8 Å². The van der Waals surface area contributed by atoms with Gasteiger partial charge in [-0.15, -0.1) is 0 Å². The van der Waals surface area contributed by atoms with Crippen LogP contribution >= 0.6 is 0 Å². The van der Waals surface area contributed by atoms with Crippen molar-refractivity contribution in [1.29, 1.82) is 0 Å². The van der Waals surface area contributed by atoms with Crippen LogP contribution in [0.1, 0.15) is 56.9 Å². The van der Waals surface area contributed by atoms with Crippen molar-refractivity contribution in [3.05, 3.63) is 29.8 Å². The lowest BCUT2D eigenvalue weighted by Gasteiger charge is -2.36. The van der Waals surface area contributed by atoms with Gasteiger partial charge in [0.15, 0.2) is 0 Å². The topological polar surface area (TPSA) is 57.7 Å². The molecule has 1 saturated carbocycles. The molecule has 1 aromatic rings. The Kier molecular flexibility index (Phi) is 6.36. The number of carbonyl (C=O) groups excluding carboxylic acids is 1. The van der Waals surface area contributed by atoms with Crippen LogP contribution in [-0.2, 0) is 21.0 Å². The van der Waals surface area contributed by atoms with E-state index in [1.807, 2.05) is 4.90 Å². The molecule has 1 unspecified atom stereocenters. The second kappa shape index (κ2) is 8.73. The summed E-state index contributed by atoms with van der Waals surface area (Å²) in [6, 6.07) is 4.58. The molecule has 2 heterocycles.